The quantitative estimate of drug-likeness (QED) is 0.00321. The number of carbonyl (C=O) groups is 15. The molecule has 11 amide bonds. The zero-order valence-corrected chi connectivity index (χ0v) is 75.0. The van der Waals surface area contributed by atoms with Crippen molar-refractivity contribution in [2.75, 3.05) is 118 Å². The molecule has 2 saturated heterocycles. The number of carbonyl (C=O) groups excluding carboxylic acids is 12. The minimum absolute atomic E-state index is 0.00269. The van der Waals surface area contributed by atoms with Gasteiger partial charge in [-0.25, -0.2) is 10.8 Å². The number of hydrogen-bond acceptors (Lipinski definition) is 25. The fourth-order valence-electron chi connectivity index (χ4n) is 15.9. The van der Waals surface area contributed by atoms with E-state index in [4.69, 9.17) is 45.0 Å². The Balaban J connectivity index is 0.979. The number of rotatable bonds is 50. The van der Waals surface area contributed by atoms with Crippen molar-refractivity contribution < 1.29 is 92.3 Å². The number of ketones is 1. The number of hydrazine groups is 1. The van der Waals surface area contributed by atoms with Crippen LogP contribution in [0, 0.1) is 16.2 Å². The topological polar surface area (TPSA) is 751 Å². The first-order valence-electron chi connectivity index (χ1n) is 44.3. The highest BCUT2D eigenvalue weighted by atomic mass is 16.4. The number of carboxylic acids is 3. The third-order valence-corrected chi connectivity index (χ3v) is 22.9. The molecule has 9 atom stereocenters. The van der Waals surface area contributed by atoms with Crippen molar-refractivity contribution in [1.82, 2.24) is 108 Å². The van der Waals surface area contributed by atoms with Crippen molar-refractivity contribution in [3.63, 3.8) is 0 Å². The molecule has 0 saturated carbocycles. The number of aliphatic hydroxyl groups is 1. The number of hydrogen-bond donors (Lipinski definition) is 26. The summed E-state index contributed by atoms with van der Waals surface area (Å²) in [5, 5.41) is 95.3. The van der Waals surface area contributed by atoms with Crippen molar-refractivity contribution >= 4 is 128 Å². The standard InChI is InChI=1S/C88H121N29O19/c89-71(119)45-117(96)85(136)70-21-11-29-116(70)84(135)68(38-52-22-24-54(25-23-52)76(127)53-12-2-1-3-13-53)110-80(131)65(39-55-42-101-60-16-6-4-14-58(55)60)107-79(130)64(20-10-28-100-88(94)95)106-82(133)67(41-57-44-97-51-103-57)109-83(134)69(50-118)111-81(132)66(40-56-43-102-61-17-7-5-15-59(56)61)108-78(129)63(19-9-27-99-87(92)93)105-77(128)62(18-8-26-98-86(90)91)104-72(120)46-112-30-32-113(47-73(121)122)34-36-115(49-75(125)126)37-35-114(33-31-112)48-74(123)124/h1-7,12-17,22-25,42-44,51,62-70,101-102,118H,8-11,18-21,26-41,45-50,96H2,(H2,89,119)(H,97,103)(H,104,120)(H,105,128)(H,106,133)(H,107,130)(H,108,129)(H,109,134)(H,110,131)(H,111,132)(H,121,122)(H,123,124)(H,125,126)(H4,90,91,98)(H4,92,93,99)(H4,94,95,100)/t62-,63-,64+,65-,66-,67-,68-,69-,70-/m0/s1. The van der Waals surface area contributed by atoms with Gasteiger partial charge in [0.1, 0.15) is 60.9 Å². The van der Waals surface area contributed by atoms with E-state index < -0.39 is 201 Å². The van der Waals surface area contributed by atoms with Gasteiger partial charge in [-0.1, -0.05) is 91.0 Å². The monoisotopic (exact) mass is 1890 g/mol. The molecule has 5 heterocycles. The Morgan fingerprint density at radius 3 is 1.24 bits per heavy atom. The molecule has 0 aliphatic carbocycles. The third-order valence-electron chi connectivity index (χ3n) is 22.9. The van der Waals surface area contributed by atoms with Crippen molar-refractivity contribution in [2.24, 2.45) is 28.8 Å². The Morgan fingerprint density at radius 2 is 0.824 bits per heavy atom. The number of nitrogens with two attached hydrogens (primary N) is 5. The van der Waals surface area contributed by atoms with Crippen LogP contribution in [-0.2, 0) is 92.8 Å². The Kier molecular flexibility index (Phi) is 40.4. The molecular formula is C88H121N29O19. The van der Waals surface area contributed by atoms with E-state index in [0.29, 0.717) is 61.1 Å². The zero-order chi connectivity index (χ0) is 98.5. The summed E-state index contributed by atoms with van der Waals surface area (Å²) in [6.45, 7) is -3.14. The Morgan fingerprint density at radius 1 is 0.441 bits per heavy atom. The fourth-order valence-corrected chi connectivity index (χ4v) is 15.9. The molecule has 2 aliphatic rings. The molecule has 48 nitrogen and oxygen atoms in total. The summed E-state index contributed by atoms with van der Waals surface area (Å²) < 4.78 is 0. The molecule has 31 N–H and O–H groups in total. The molecule has 2 aliphatic heterocycles. The van der Waals surface area contributed by atoms with Crippen LogP contribution in [0.15, 0.2) is 128 Å². The number of amides is 11. The molecule has 3 aromatic heterocycles. The minimum atomic E-state index is -1.96. The summed E-state index contributed by atoms with van der Waals surface area (Å²) in [5.41, 5.74) is 25.9. The lowest BCUT2D eigenvalue weighted by Crippen LogP contribution is -2.62. The molecule has 136 heavy (non-hydrogen) atoms. The van der Waals surface area contributed by atoms with E-state index in [2.05, 4.69) is 78.4 Å². The number of nitrogens with one attached hydrogen (secondary N) is 17. The normalized spacial score (nSPS) is 15.8. The zero-order valence-electron chi connectivity index (χ0n) is 75.0. The van der Waals surface area contributed by atoms with Crippen molar-refractivity contribution in [3.05, 3.63) is 162 Å². The highest BCUT2D eigenvalue weighted by Gasteiger charge is 2.42. The van der Waals surface area contributed by atoms with Gasteiger partial charge in [0.2, 0.25) is 59.1 Å². The van der Waals surface area contributed by atoms with Crippen LogP contribution >= 0.6 is 0 Å². The Bertz CT molecular complexity index is 5300. The SMILES string of the molecule is N=C(N)NCCC[C@H](NC(=O)CN1CCN(CC(=O)O)CCN(CC(=O)O)CCN(CC(=O)O)CC1)C(=O)N[C@@H](CCCNC(=N)N)C(=O)N[C@@H](Cc1c[nH]c2ccccc12)C(=O)N[C@@H](CO)C(=O)N[C@@H](Cc1cnc[nH]1)C(=O)N[C@H](CCCNC(=N)N)C(=O)N[C@@H](Cc1c[nH]c2ccccc12)C(=O)N[C@@H](Cc1ccc(C(=O)c2ccccc2)cc1)C(=O)N1CCC[C@H]1C(=O)N(N)CC(N)=O. The number of para-hydroxylation sites is 2. The summed E-state index contributed by atoms with van der Waals surface area (Å²) in [5.74, 6) is -9.59. The van der Waals surface area contributed by atoms with Gasteiger partial charge in [0, 0.05) is 161 Å². The van der Waals surface area contributed by atoms with Gasteiger partial charge in [-0.15, -0.1) is 0 Å². The Labute approximate surface area is 781 Å². The molecule has 7 aromatic rings. The van der Waals surface area contributed by atoms with Crippen LogP contribution in [0.25, 0.3) is 21.8 Å². The average Bonchev–Trinajstić information content (AvgIpc) is 1.64. The molecule has 0 spiro atoms. The number of aliphatic carboxylic acids is 3. The lowest BCUT2D eigenvalue weighted by Gasteiger charge is -2.33. The molecule has 0 radical (unpaired) electrons. The molecule has 0 unspecified atom stereocenters. The number of imidazole rings is 1. The summed E-state index contributed by atoms with van der Waals surface area (Å²) in [7, 11) is 0. The molecule has 9 rings (SSSR count). The number of nitrogens with zero attached hydrogens (tertiary/aromatic N) is 7. The summed E-state index contributed by atoms with van der Waals surface area (Å²) >= 11 is 0. The summed E-state index contributed by atoms with van der Waals surface area (Å²) in [6.07, 6.45) is 4.33. The predicted molar refractivity (Wildman–Crippen MR) is 495 cm³/mol. The van der Waals surface area contributed by atoms with Gasteiger partial charge >= 0.3 is 17.9 Å². The van der Waals surface area contributed by atoms with Gasteiger partial charge < -0.3 is 122 Å². The van der Waals surface area contributed by atoms with Gasteiger partial charge in [-0.2, -0.15) is 0 Å². The Hall–Kier alpha value is -15.0. The smallest absolute Gasteiger partial charge is 0.317 e. The van der Waals surface area contributed by atoms with Crippen LogP contribution in [0.4, 0.5) is 0 Å². The second-order valence-electron chi connectivity index (χ2n) is 33.1. The van der Waals surface area contributed by atoms with Crippen LogP contribution < -0.4 is 87.3 Å². The number of primary amides is 1. The lowest BCUT2D eigenvalue weighted by molar-refractivity contribution is -0.146. The van der Waals surface area contributed by atoms with Crippen molar-refractivity contribution in [1.29, 1.82) is 16.2 Å². The summed E-state index contributed by atoms with van der Waals surface area (Å²) in [4.78, 5) is 233. The van der Waals surface area contributed by atoms with Crippen LogP contribution in [-0.4, -0.2) is 349 Å². The lowest BCUT2D eigenvalue weighted by atomic mass is 9.98. The number of aliphatic hydroxyl groups excluding tert-OH is 1. The summed E-state index contributed by atoms with van der Waals surface area (Å²) in [6, 6.07) is 14.3. The van der Waals surface area contributed by atoms with E-state index >= 15 is 28.8 Å². The van der Waals surface area contributed by atoms with Crippen LogP contribution in [0.3, 0.4) is 0 Å². The number of guanidine groups is 3. The van der Waals surface area contributed by atoms with Crippen molar-refractivity contribution in [2.45, 2.75) is 131 Å². The first-order chi connectivity index (χ1) is 65.1. The molecular weight excluding hydrogens is 1770 g/mol. The maximum Gasteiger partial charge on any atom is 0.317 e. The maximum absolute atomic E-state index is 15.5. The van der Waals surface area contributed by atoms with Gasteiger partial charge in [-0.05, 0) is 80.2 Å². The molecule has 48 heteroatoms. The number of likely N-dealkylation sites (tertiary alicyclic amines) is 1. The molecule has 4 aromatic carbocycles. The van der Waals surface area contributed by atoms with Gasteiger partial charge in [0.25, 0.3) is 5.91 Å². The highest BCUT2D eigenvalue weighted by Crippen LogP contribution is 2.25. The second-order valence-corrected chi connectivity index (χ2v) is 33.1. The van der Waals surface area contributed by atoms with Crippen LogP contribution in [0.2, 0.25) is 0 Å². The first kappa shape index (κ1) is 105. The van der Waals surface area contributed by atoms with E-state index in [9.17, 15) is 63.6 Å². The fraction of sp³-hybridized carbons (Fsp3) is 0.443. The van der Waals surface area contributed by atoms with Crippen LogP contribution in [0.5, 0.6) is 0 Å². The van der Waals surface area contributed by atoms with Crippen molar-refractivity contribution in [3.8, 4) is 0 Å². The minimum Gasteiger partial charge on any atom is -0.480 e. The van der Waals surface area contributed by atoms with Gasteiger partial charge in [0.15, 0.2) is 23.7 Å². The highest BCUT2D eigenvalue weighted by molar-refractivity contribution is 6.09. The number of benzene rings is 4. The van der Waals surface area contributed by atoms with E-state index in [0.717, 1.165) is 0 Å². The number of H-pyrrole nitrogens is 3. The molecule has 0 bridgehead atoms. The van der Waals surface area contributed by atoms with Gasteiger partial charge in [-0.3, -0.25) is 113 Å². The molecule has 2 fully saturated rings. The van der Waals surface area contributed by atoms with Crippen LogP contribution in [0.1, 0.15) is 89.7 Å². The van der Waals surface area contributed by atoms with E-state index in [1.807, 2.05) is 0 Å². The van der Waals surface area contributed by atoms with E-state index in [1.54, 1.807) is 135 Å². The number of aromatic amines is 3. The molecule has 732 valence electrons. The third kappa shape index (κ3) is 33.3. The first-order valence-corrected chi connectivity index (χ1v) is 44.3. The van der Waals surface area contributed by atoms with Gasteiger partial charge in [0.05, 0.1) is 39.1 Å². The average molecular weight is 1890 g/mol. The number of fused-ring (bicyclic) bond motifs is 2. The van der Waals surface area contributed by atoms with E-state index in [-0.39, 0.29) is 154 Å². The number of carboxylic acid groups (broad SMARTS) is 3. The van der Waals surface area contributed by atoms with E-state index in [1.165, 1.54) is 17.4 Å². The largest absolute Gasteiger partial charge is 0.480 e. The second kappa shape index (κ2) is 52.4. The maximum atomic E-state index is 15.5. The predicted octanol–water partition coefficient (Wildman–Crippen LogP) is -5.81. The number of aromatic nitrogens is 4.